The molecule has 2 aliphatic rings. The second kappa shape index (κ2) is 5.52. The molecule has 1 aliphatic heterocycles. The van der Waals surface area contributed by atoms with Gasteiger partial charge in [-0.15, -0.1) is 0 Å². The molecule has 2 nitrogen and oxygen atoms in total. The van der Waals surface area contributed by atoms with E-state index < -0.39 is 21.1 Å². The minimum absolute atomic E-state index is 0.184. The number of allylic oxidation sites excluding steroid dienone is 1. The zero-order valence-corrected chi connectivity index (χ0v) is 18.8. The summed E-state index contributed by atoms with van der Waals surface area (Å²) in [6, 6.07) is 5.34. The monoisotopic (exact) mass is 394 g/mol. The molecule has 2 aromatic rings. The van der Waals surface area contributed by atoms with Gasteiger partial charge in [-0.2, -0.15) is 0 Å². The van der Waals surface area contributed by atoms with Crippen LogP contribution in [0.25, 0.3) is 17.2 Å². The Labute approximate surface area is 162 Å². The van der Waals surface area contributed by atoms with Crippen LogP contribution in [0.1, 0.15) is 34.0 Å². The van der Waals surface area contributed by atoms with Gasteiger partial charge < -0.3 is 0 Å². The van der Waals surface area contributed by atoms with E-state index in [4.69, 9.17) is 5.73 Å². The molecule has 0 saturated carbocycles. The van der Waals surface area contributed by atoms with Gasteiger partial charge in [0.1, 0.15) is 5.82 Å². The largest absolute Gasteiger partial charge is 0.270 e. The fraction of sp³-hybridized carbons (Fsp3) is 0.318. The van der Waals surface area contributed by atoms with Crippen LogP contribution in [0.5, 0.6) is 0 Å². The number of benzene rings is 2. The number of halogens is 1. The highest BCUT2D eigenvalue weighted by Gasteiger charge is 2.53. The van der Waals surface area contributed by atoms with Crippen molar-refractivity contribution in [2.75, 3.05) is 0 Å². The molecule has 5 heteroatoms. The molecular weight excluding hydrogens is 369 g/mol. The lowest BCUT2D eigenvalue weighted by Crippen LogP contribution is -2.63. The maximum absolute atomic E-state index is 14.4. The molecule has 4 rings (SSSR count). The summed E-state index contributed by atoms with van der Waals surface area (Å²) in [5.74, 6) is -0.822. The van der Waals surface area contributed by atoms with E-state index in [2.05, 4.69) is 33.1 Å². The quantitative estimate of drug-likeness (QED) is 0.707. The molecular formula is C22H25FNOSi2. The predicted molar refractivity (Wildman–Crippen MR) is 116 cm³/mol. The number of carbonyl (C=O) groups excluding carboxylic acids is 1. The van der Waals surface area contributed by atoms with Crippen LogP contribution in [0.4, 0.5) is 4.39 Å². The number of amides is 1. The fourth-order valence-electron chi connectivity index (χ4n) is 5.10. The van der Waals surface area contributed by atoms with Crippen LogP contribution >= 0.6 is 0 Å². The minimum Gasteiger partial charge on any atom is -0.267 e. The van der Waals surface area contributed by atoms with Crippen molar-refractivity contribution < 1.29 is 9.18 Å². The van der Waals surface area contributed by atoms with Crippen LogP contribution in [0, 0.1) is 12.7 Å². The fourth-order valence-corrected chi connectivity index (χ4v) is 15.7. The standard InChI is InChI=1S/C22H25FNOSi2/c1-12-9-15-14(7-8-18(23)16(15)10-12)20-17(22(24)25)11-19-13(2)21(20)27(5,6)26(19,3)4/h7-9,11,24H,10H2,1-6H3. The third-order valence-corrected chi connectivity index (χ3v) is 24.9. The summed E-state index contributed by atoms with van der Waals surface area (Å²) >= 11 is 0. The average molecular weight is 395 g/mol. The van der Waals surface area contributed by atoms with E-state index in [1.165, 1.54) is 22.0 Å². The van der Waals surface area contributed by atoms with Crippen LogP contribution in [-0.2, 0) is 6.42 Å². The Hall–Kier alpha value is -1.99. The van der Waals surface area contributed by atoms with Crippen LogP contribution in [0.15, 0.2) is 23.8 Å². The zero-order valence-electron chi connectivity index (χ0n) is 16.8. The number of fused-ring (bicyclic) bond motifs is 3. The van der Waals surface area contributed by atoms with Gasteiger partial charge in [0.15, 0.2) is 0 Å². The molecule has 2 aromatic carbocycles. The third-order valence-electron chi connectivity index (χ3n) is 7.11. The maximum atomic E-state index is 14.4. The normalized spacial score (nSPS) is 18.4. The molecule has 1 aliphatic carbocycles. The van der Waals surface area contributed by atoms with Gasteiger partial charge >= 0.3 is 0 Å². The van der Waals surface area contributed by atoms with Crippen molar-refractivity contribution in [2.24, 2.45) is 0 Å². The van der Waals surface area contributed by atoms with Gasteiger partial charge in [0.05, 0.1) is 15.2 Å². The Kier molecular flexibility index (Phi) is 3.76. The second-order valence-electron chi connectivity index (χ2n) is 9.08. The molecule has 139 valence electrons. The SMILES string of the molecule is CC1=Cc2c(-c3c(C([NH])=O)cc4c(C)c3[Si](C)(C)[Si]4(C)C)ccc(F)c2C1. The van der Waals surface area contributed by atoms with E-state index in [1.807, 2.05) is 25.1 Å². The molecule has 1 heterocycles. The minimum atomic E-state index is -1.82. The molecule has 0 aromatic heterocycles. The van der Waals surface area contributed by atoms with E-state index in [9.17, 15) is 9.18 Å². The lowest BCUT2D eigenvalue weighted by atomic mass is 9.91. The van der Waals surface area contributed by atoms with E-state index >= 15 is 0 Å². The molecule has 1 amide bonds. The van der Waals surface area contributed by atoms with Crippen LogP contribution in [0.3, 0.4) is 0 Å². The Balaban J connectivity index is 2.15. The number of rotatable bonds is 2. The molecule has 0 atom stereocenters. The first-order valence-corrected chi connectivity index (χ1v) is 16.4. The van der Waals surface area contributed by atoms with E-state index in [1.54, 1.807) is 0 Å². The Morgan fingerprint density at radius 2 is 1.78 bits per heavy atom. The van der Waals surface area contributed by atoms with Gasteiger partial charge in [-0.1, -0.05) is 59.8 Å². The van der Waals surface area contributed by atoms with Crippen molar-refractivity contribution in [1.29, 1.82) is 0 Å². The van der Waals surface area contributed by atoms with Gasteiger partial charge in [-0.3, -0.25) is 10.5 Å². The molecule has 2 bridgehead atoms. The highest BCUT2D eigenvalue weighted by atomic mass is 29.3. The van der Waals surface area contributed by atoms with Crippen molar-refractivity contribution in [3.8, 4) is 11.1 Å². The summed E-state index contributed by atoms with van der Waals surface area (Å²) in [7, 11) is -3.53. The molecule has 1 N–H and O–H groups in total. The lowest BCUT2D eigenvalue weighted by Gasteiger charge is -2.33. The van der Waals surface area contributed by atoms with E-state index in [-0.39, 0.29) is 5.82 Å². The summed E-state index contributed by atoms with van der Waals surface area (Å²) in [4.78, 5) is 12.3. The molecule has 1 radical (unpaired) electrons. The number of carbonyl (C=O) groups is 1. The van der Waals surface area contributed by atoms with Gasteiger partial charge in [-0.05, 0) is 54.7 Å². The summed E-state index contributed by atoms with van der Waals surface area (Å²) < 4.78 is 14.4. The Morgan fingerprint density at radius 1 is 1.11 bits per heavy atom. The molecule has 0 unspecified atom stereocenters. The van der Waals surface area contributed by atoms with Crippen LogP contribution in [0.2, 0.25) is 26.2 Å². The van der Waals surface area contributed by atoms with Gasteiger partial charge in [0.2, 0.25) is 0 Å². The maximum Gasteiger partial charge on any atom is 0.270 e. The number of hydrogen-bond donors (Lipinski definition) is 0. The number of hydrogen-bond acceptors (Lipinski definition) is 1. The molecule has 0 spiro atoms. The lowest BCUT2D eigenvalue weighted by molar-refractivity contribution is 0.0993. The topological polar surface area (TPSA) is 40.9 Å². The summed E-state index contributed by atoms with van der Waals surface area (Å²) in [6.07, 6.45) is 2.67. The first-order chi connectivity index (χ1) is 12.5. The van der Waals surface area contributed by atoms with Crippen molar-refractivity contribution in [3.05, 3.63) is 51.8 Å². The highest BCUT2D eigenvalue weighted by molar-refractivity contribution is 7.52. The summed E-state index contributed by atoms with van der Waals surface area (Å²) in [6.45, 7) is 13.8. The first-order valence-electron chi connectivity index (χ1n) is 9.42. The molecule has 0 saturated heterocycles. The molecule has 0 fully saturated rings. The summed E-state index contributed by atoms with van der Waals surface area (Å²) in [5.41, 5.74) is 14.3. The van der Waals surface area contributed by atoms with Gasteiger partial charge in [0.25, 0.3) is 5.91 Å². The van der Waals surface area contributed by atoms with E-state index in [0.717, 1.165) is 27.8 Å². The highest BCUT2D eigenvalue weighted by Crippen LogP contribution is 2.40. The average Bonchev–Trinajstić information content (AvgIpc) is 2.98. The van der Waals surface area contributed by atoms with Crippen molar-refractivity contribution in [1.82, 2.24) is 5.73 Å². The second-order valence-corrected chi connectivity index (χ2v) is 24.1. The van der Waals surface area contributed by atoms with Crippen molar-refractivity contribution in [3.63, 3.8) is 0 Å². The smallest absolute Gasteiger partial charge is 0.267 e. The van der Waals surface area contributed by atoms with Crippen molar-refractivity contribution in [2.45, 2.75) is 46.5 Å². The summed E-state index contributed by atoms with van der Waals surface area (Å²) in [5, 5.41) is 2.65. The predicted octanol–water partition coefficient (Wildman–Crippen LogP) is 4.11. The van der Waals surface area contributed by atoms with Gasteiger partial charge in [0, 0.05) is 5.56 Å². The van der Waals surface area contributed by atoms with Crippen LogP contribution in [-0.4, -0.2) is 21.1 Å². The molecule has 27 heavy (non-hydrogen) atoms. The first kappa shape index (κ1) is 18.4. The Bertz CT molecular complexity index is 1070. The van der Waals surface area contributed by atoms with Gasteiger partial charge in [-0.25, -0.2) is 4.39 Å². The van der Waals surface area contributed by atoms with Crippen LogP contribution < -0.4 is 16.1 Å². The Morgan fingerprint density at radius 3 is 2.41 bits per heavy atom. The van der Waals surface area contributed by atoms with Crippen molar-refractivity contribution >= 4 is 37.5 Å². The third kappa shape index (κ3) is 2.24. The van der Waals surface area contributed by atoms with E-state index in [0.29, 0.717) is 12.0 Å². The zero-order chi connectivity index (χ0) is 19.9. The number of nitrogens with one attached hydrogen (secondary N) is 1.